The fourth-order valence-corrected chi connectivity index (χ4v) is 3.68. The Bertz CT molecular complexity index is 1130. The Labute approximate surface area is 189 Å². The van der Waals surface area contributed by atoms with Crippen molar-refractivity contribution in [2.75, 3.05) is 23.7 Å². The first kappa shape index (κ1) is 21.5. The van der Waals surface area contributed by atoms with Crippen molar-refractivity contribution in [2.45, 2.75) is 12.5 Å². The summed E-state index contributed by atoms with van der Waals surface area (Å²) in [6, 6.07) is 13.6. The topological polar surface area (TPSA) is 109 Å². The van der Waals surface area contributed by atoms with Gasteiger partial charge >= 0.3 is 12.1 Å². The van der Waals surface area contributed by atoms with Gasteiger partial charge in [-0.2, -0.15) is 5.10 Å². The van der Waals surface area contributed by atoms with Gasteiger partial charge in [-0.05, 0) is 48.5 Å². The number of nitrogens with one attached hydrogen (secondary N) is 2. The summed E-state index contributed by atoms with van der Waals surface area (Å²) < 4.78 is 7.85. The van der Waals surface area contributed by atoms with E-state index in [4.69, 9.17) is 16.3 Å². The molecule has 1 aromatic heterocycles. The number of aromatic nitrogens is 2. The van der Waals surface area contributed by atoms with E-state index < -0.39 is 12.1 Å². The maximum absolute atomic E-state index is 12.4. The Morgan fingerprint density at radius 1 is 1.12 bits per heavy atom. The van der Waals surface area contributed by atoms with E-state index in [2.05, 4.69) is 15.7 Å². The number of carbonyl (C=O) groups excluding carboxylic acids is 1. The third-order valence-corrected chi connectivity index (χ3v) is 5.40. The number of halogens is 1. The average molecular weight is 456 g/mol. The second-order valence-corrected chi connectivity index (χ2v) is 7.83. The van der Waals surface area contributed by atoms with E-state index in [0.717, 1.165) is 11.3 Å². The predicted octanol–water partition coefficient (Wildman–Crippen LogP) is 4.52. The maximum atomic E-state index is 12.4. The summed E-state index contributed by atoms with van der Waals surface area (Å²) in [6.45, 7) is 0.745. The fraction of sp³-hybridized carbons (Fsp3) is 0.227. The van der Waals surface area contributed by atoms with Crippen LogP contribution in [0.15, 0.2) is 54.7 Å². The van der Waals surface area contributed by atoms with E-state index in [0.29, 0.717) is 41.7 Å². The molecule has 4 rings (SSSR count). The van der Waals surface area contributed by atoms with Crippen molar-refractivity contribution >= 4 is 35.1 Å². The van der Waals surface area contributed by atoms with Crippen LogP contribution in [0.25, 0.3) is 11.3 Å². The summed E-state index contributed by atoms with van der Waals surface area (Å²) in [7, 11) is 1.81. The number of carbonyl (C=O) groups is 2. The zero-order valence-electron chi connectivity index (χ0n) is 17.3. The Hall–Kier alpha value is -3.72. The van der Waals surface area contributed by atoms with Gasteiger partial charge in [-0.15, -0.1) is 0 Å². The molecule has 3 amide bonds. The Morgan fingerprint density at radius 3 is 2.50 bits per heavy atom. The van der Waals surface area contributed by atoms with E-state index in [1.807, 2.05) is 13.1 Å². The van der Waals surface area contributed by atoms with Crippen molar-refractivity contribution in [3.63, 3.8) is 0 Å². The van der Waals surface area contributed by atoms with Crippen molar-refractivity contribution in [1.29, 1.82) is 0 Å². The standard InChI is InChI=1S/C22H22ClN5O4/c1-27-19(8-10-24-27)18-12-16(26-21(29)25-15-4-2-14(23)3-5-15)6-7-20(18)32-17-9-11-28(13-17)22(30)31/h2-8,10,12,17H,9,11,13H2,1H3,(H,30,31)(H2,25,26,29)/t17-/m1/s1. The van der Waals surface area contributed by atoms with Gasteiger partial charge in [-0.25, -0.2) is 9.59 Å². The minimum absolute atomic E-state index is 0.245. The van der Waals surface area contributed by atoms with Crippen LogP contribution in [0.4, 0.5) is 21.0 Å². The summed E-state index contributed by atoms with van der Waals surface area (Å²) in [5.41, 5.74) is 2.72. The number of rotatable bonds is 5. The summed E-state index contributed by atoms with van der Waals surface area (Å²) in [5.74, 6) is 0.592. The molecule has 166 valence electrons. The summed E-state index contributed by atoms with van der Waals surface area (Å²) in [4.78, 5) is 25.0. The summed E-state index contributed by atoms with van der Waals surface area (Å²) in [6.07, 6.45) is 1.09. The van der Waals surface area contributed by atoms with Crippen LogP contribution in [0.3, 0.4) is 0 Å². The molecular formula is C22H22ClN5O4. The first-order valence-electron chi connectivity index (χ1n) is 9.99. The van der Waals surface area contributed by atoms with Crippen molar-refractivity contribution in [3.8, 4) is 17.0 Å². The highest BCUT2D eigenvalue weighted by Gasteiger charge is 2.28. The van der Waals surface area contributed by atoms with Gasteiger partial charge in [0.25, 0.3) is 0 Å². The quantitative estimate of drug-likeness (QED) is 0.524. The molecule has 1 fully saturated rings. The van der Waals surface area contributed by atoms with E-state index in [1.54, 1.807) is 53.3 Å². The van der Waals surface area contributed by atoms with Gasteiger partial charge in [0, 0.05) is 48.2 Å². The van der Waals surface area contributed by atoms with Gasteiger partial charge in [0.1, 0.15) is 11.9 Å². The lowest BCUT2D eigenvalue weighted by molar-refractivity contribution is 0.146. The predicted molar refractivity (Wildman–Crippen MR) is 121 cm³/mol. The highest BCUT2D eigenvalue weighted by atomic mass is 35.5. The van der Waals surface area contributed by atoms with E-state index in [-0.39, 0.29) is 6.10 Å². The normalized spacial score (nSPS) is 15.4. The zero-order valence-corrected chi connectivity index (χ0v) is 18.0. The fourth-order valence-electron chi connectivity index (χ4n) is 3.55. The van der Waals surface area contributed by atoms with Crippen LogP contribution in [0.1, 0.15) is 6.42 Å². The number of anilines is 2. The molecule has 0 spiro atoms. The number of urea groups is 1. The molecule has 9 nitrogen and oxygen atoms in total. The molecule has 0 unspecified atom stereocenters. The molecule has 1 saturated heterocycles. The molecule has 1 aliphatic rings. The molecule has 2 heterocycles. The van der Waals surface area contributed by atoms with Crippen molar-refractivity contribution in [2.24, 2.45) is 7.05 Å². The summed E-state index contributed by atoms with van der Waals surface area (Å²) in [5, 5.41) is 19.6. The second-order valence-electron chi connectivity index (χ2n) is 7.39. The maximum Gasteiger partial charge on any atom is 0.407 e. The summed E-state index contributed by atoms with van der Waals surface area (Å²) >= 11 is 5.88. The number of amides is 3. The third-order valence-electron chi connectivity index (χ3n) is 5.15. The molecule has 2 aromatic carbocycles. The molecule has 0 aliphatic carbocycles. The Morgan fingerprint density at radius 2 is 1.84 bits per heavy atom. The SMILES string of the molecule is Cn1nccc1-c1cc(NC(=O)Nc2ccc(Cl)cc2)ccc1O[C@@H]1CCN(C(=O)O)C1. The zero-order chi connectivity index (χ0) is 22.7. The molecule has 3 aromatic rings. The number of benzene rings is 2. The Kier molecular flexibility index (Phi) is 6.18. The molecule has 1 atom stereocenters. The van der Waals surface area contributed by atoms with Crippen LogP contribution in [0, 0.1) is 0 Å². The van der Waals surface area contributed by atoms with E-state index in [9.17, 15) is 14.7 Å². The molecular weight excluding hydrogens is 434 g/mol. The highest BCUT2D eigenvalue weighted by molar-refractivity contribution is 6.30. The number of hydrogen-bond acceptors (Lipinski definition) is 4. The largest absolute Gasteiger partial charge is 0.488 e. The number of likely N-dealkylation sites (tertiary alicyclic amines) is 1. The van der Waals surface area contributed by atoms with Gasteiger partial charge < -0.3 is 25.4 Å². The van der Waals surface area contributed by atoms with Crippen molar-refractivity contribution < 1.29 is 19.4 Å². The molecule has 1 aliphatic heterocycles. The van der Waals surface area contributed by atoms with Gasteiger partial charge in [0.2, 0.25) is 0 Å². The highest BCUT2D eigenvalue weighted by Crippen LogP contribution is 2.34. The van der Waals surface area contributed by atoms with Gasteiger partial charge in [-0.1, -0.05) is 11.6 Å². The first-order chi connectivity index (χ1) is 15.4. The van der Waals surface area contributed by atoms with Crippen molar-refractivity contribution in [3.05, 3.63) is 59.8 Å². The number of carboxylic acid groups (broad SMARTS) is 1. The molecule has 0 bridgehead atoms. The van der Waals surface area contributed by atoms with Crippen LogP contribution in [0.2, 0.25) is 5.02 Å². The van der Waals surface area contributed by atoms with Gasteiger partial charge in [0.05, 0.1) is 12.2 Å². The minimum Gasteiger partial charge on any atom is -0.488 e. The first-order valence-corrected chi connectivity index (χ1v) is 10.4. The molecule has 3 N–H and O–H groups in total. The van der Waals surface area contributed by atoms with Crippen LogP contribution >= 0.6 is 11.6 Å². The molecule has 0 radical (unpaired) electrons. The lowest BCUT2D eigenvalue weighted by atomic mass is 10.1. The van der Waals surface area contributed by atoms with Crippen LogP contribution < -0.4 is 15.4 Å². The number of ether oxygens (including phenoxy) is 1. The van der Waals surface area contributed by atoms with E-state index in [1.165, 1.54) is 4.90 Å². The van der Waals surface area contributed by atoms with Crippen LogP contribution in [-0.4, -0.2) is 51.1 Å². The monoisotopic (exact) mass is 455 g/mol. The lowest BCUT2D eigenvalue weighted by Crippen LogP contribution is -2.29. The van der Waals surface area contributed by atoms with Crippen LogP contribution in [-0.2, 0) is 7.05 Å². The van der Waals surface area contributed by atoms with E-state index >= 15 is 0 Å². The second kappa shape index (κ2) is 9.19. The number of nitrogens with zero attached hydrogens (tertiary/aromatic N) is 3. The smallest absolute Gasteiger partial charge is 0.407 e. The van der Waals surface area contributed by atoms with Crippen LogP contribution in [0.5, 0.6) is 5.75 Å². The lowest BCUT2D eigenvalue weighted by Gasteiger charge is -2.18. The average Bonchev–Trinajstić information content (AvgIpc) is 3.40. The molecule has 10 heteroatoms. The molecule has 32 heavy (non-hydrogen) atoms. The molecule has 0 saturated carbocycles. The number of hydrogen-bond donors (Lipinski definition) is 3. The third kappa shape index (κ3) is 4.94. The number of aryl methyl sites for hydroxylation is 1. The minimum atomic E-state index is -0.950. The van der Waals surface area contributed by atoms with Crippen molar-refractivity contribution in [1.82, 2.24) is 14.7 Å². The Balaban J connectivity index is 1.53. The van der Waals surface area contributed by atoms with Gasteiger partial charge in [0.15, 0.2) is 0 Å². The van der Waals surface area contributed by atoms with Gasteiger partial charge in [-0.3, -0.25) is 4.68 Å².